The summed E-state index contributed by atoms with van der Waals surface area (Å²) in [5.41, 5.74) is 0.653. The van der Waals surface area contributed by atoms with Crippen LogP contribution in [0.1, 0.15) is 42.7 Å². The quantitative estimate of drug-likeness (QED) is 0.797. The van der Waals surface area contributed by atoms with E-state index in [1.54, 1.807) is 35.0 Å². The lowest BCUT2D eigenvalue weighted by atomic mass is 9.99. The molecule has 1 aliphatic heterocycles. The molecular formula is C19H26ClN3O4. The molecule has 7 nitrogen and oxygen atoms in total. The predicted molar refractivity (Wildman–Crippen MR) is 103 cm³/mol. The molecule has 1 atom stereocenters. The fraction of sp³-hybridized carbons (Fsp3) is 0.526. The lowest BCUT2D eigenvalue weighted by Crippen LogP contribution is -2.53. The van der Waals surface area contributed by atoms with Gasteiger partial charge in [-0.3, -0.25) is 9.59 Å². The minimum absolute atomic E-state index is 0.141. The molecule has 1 aromatic carbocycles. The number of carbonyl (C=O) groups is 3. The number of carbonyl (C=O) groups excluding carboxylic acids is 3. The topological polar surface area (TPSA) is 79.0 Å². The summed E-state index contributed by atoms with van der Waals surface area (Å²) < 4.78 is 5.46. The molecule has 0 saturated carbocycles. The molecule has 1 heterocycles. The molecular weight excluding hydrogens is 370 g/mol. The number of benzene rings is 1. The Morgan fingerprint density at radius 3 is 2.56 bits per heavy atom. The molecule has 1 fully saturated rings. The molecule has 1 aromatic rings. The van der Waals surface area contributed by atoms with Gasteiger partial charge in [-0.2, -0.15) is 0 Å². The third-order valence-corrected chi connectivity index (χ3v) is 4.46. The molecule has 3 amide bonds. The van der Waals surface area contributed by atoms with Crippen molar-refractivity contribution in [1.82, 2.24) is 15.1 Å². The van der Waals surface area contributed by atoms with Crippen LogP contribution < -0.4 is 5.32 Å². The second-order valence-corrected chi connectivity index (χ2v) is 7.63. The number of hydrogen-bond donors (Lipinski definition) is 1. The number of nitrogens with one attached hydrogen (secondary N) is 1. The fourth-order valence-corrected chi connectivity index (χ4v) is 3.12. The highest BCUT2D eigenvalue weighted by Crippen LogP contribution is 2.27. The maximum absolute atomic E-state index is 12.5. The summed E-state index contributed by atoms with van der Waals surface area (Å²) in [6.45, 7) is 6.41. The van der Waals surface area contributed by atoms with Crippen LogP contribution in [-0.4, -0.2) is 65.9 Å². The zero-order valence-electron chi connectivity index (χ0n) is 16.1. The van der Waals surface area contributed by atoms with Crippen LogP contribution in [0.3, 0.4) is 0 Å². The van der Waals surface area contributed by atoms with Crippen molar-refractivity contribution in [2.24, 2.45) is 0 Å². The first-order valence-corrected chi connectivity index (χ1v) is 9.35. The van der Waals surface area contributed by atoms with E-state index >= 15 is 0 Å². The second-order valence-electron chi connectivity index (χ2n) is 7.37. The highest BCUT2D eigenvalue weighted by atomic mass is 35.5. The van der Waals surface area contributed by atoms with Crippen LogP contribution in [-0.2, 0) is 9.53 Å². The Balaban J connectivity index is 2.30. The molecule has 2 rings (SSSR count). The average molecular weight is 396 g/mol. The minimum Gasteiger partial charge on any atom is -0.444 e. The average Bonchev–Trinajstić information content (AvgIpc) is 2.65. The lowest BCUT2D eigenvalue weighted by Gasteiger charge is -2.41. The van der Waals surface area contributed by atoms with Gasteiger partial charge < -0.3 is 19.9 Å². The van der Waals surface area contributed by atoms with Gasteiger partial charge in [-0.25, -0.2) is 4.79 Å². The first-order valence-electron chi connectivity index (χ1n) is 8.81. The van der Waals surface area contributed by atoms with Gasteiger partial charge in [0.15, 0.2) is 0 Å². The van der Waals surface area contributed by atoms with Crippen LogP contribution in [0.25, 0.3) is 0 Å². The van der Waals surface area contributed by atoms with E-state index in [0.717, 1.165) is 5.56 Å². The van der Waals surface area contributed by atoms with Gasteiger partial charge in [0.1, 0.15) is 11.5 Å². The summed E-state index contributed by atoms with van der Waals surface area (Å²) in [5, 5.41) is 2.58. The maximum Gasteiger partial charge on any atom is 0.410 e. The molecule has 148 valence electrons. The van der Waals surface area contributed by atoms with Crippen LogP contribution in [0.15, 0.2) is 24.3 Å². The van der Waals surface area contributed by atoms with Gasteiger partial charge in [-0.05, 0) is 38.5 Å². The van der Waals surface area contributed by atoms with Crippen LogP contribution in [0, 0.1) is 0 Å². The Labute approximate surface area is 164 Å². The van der Waals surface area contributed by atoms with E-state index in [4.69, 9.17) is 16.3 Å². The minimum atomic E-state index is -0.602. The number of ether oxygens (including phenoxy) is 1. The summed E-state index contributed by atoms with van der Waals surface area (Å²) >= 11 is 5.77. The smallest absolute Gasteiger partial charge is 0.410 e. The van der Waals surface area contributed by atoms with Crippen molar-refractivity contribution in [1.29, 1.82) is 0 Å². The Morgan fingerprint density at radius 2 is 1.96 bits per heavy atom. The third kappa shape index (κ3) is 5.35. The summed E-state index contributed by atoms with van der Waals surface area (Å²) in [7, 11) is 1.56. The Kier molecular flexibility index (Phi) is 6.70. The largest absolute Gasteiger partial charge is 0.444 e. The molecule has 0 bridgehead atoms. The summed E-state index contributed by atoms with van der Waals surface area (Å²) in [4.78, 5) is 40.0. The SMILES string of the molecule is CNC(=O)c1cccc(C2CN(C(=O)OC(C)(C)C)CCN2C(=O)CCl)c1. The van der Waals surface area contributed by atoms with Gasteiger partial charge in [0.2, 0.25) is 5.91 Å². The molecule has 8 heteroatoms. The molecule has 0 aliphatic carbocycles. The van der Waals surface area contributed by atoms with Gasteiger partial charge in [-0.1, -0.05) is 12.1 Å². The number of piperazine rings is 1. The van der Waals surface area contributed by atoms with Crippen molar-refractivity contribution in [3.8, 4) is 0 Å². The molecule has 1 N–H and O–H groups in total. The standard InChI is InChI=1S/C19H26ClN3O4/c1-19(2,3)27-18(26)22-8-9-23(16(24)11-20)15(12-22)13-6-5-7-14(10-13)17(25)21-4/h5-7,10,15H,8-9,11-12H2,1-4H3,(H,21,25). The van der Waals surface area contributed by atoms with E-state index in [0.29, 0.717) is 18.7 Å². The van der Waals surface area contributed by atoms with Crippen LogP contribution >= 0.6 is 11.6 Å². The maximum atomic E-state index is 12.5. The van der Waals surface area contributed by atoms with Gasteiger partial charge >= 0.3 is 6.09 Å². The van der Waals surface area contributed by atoms with E-state index in [9.17, 15) is 14.4 Å². The molecule has 0 radical (unpaired) electrons. The van der Waals surface area contributed by atoms with Crippen molar-refractivity contribution < 1.29 is 19.1 Å². The number of amides is 3. The lowest BCUT2D eigenvalue weighted by molar-refractivity contribution is -0.133. The molecule has 0 spiro atoms. The van der Waals surface area contributed by atoms with Gasteiger partial charge in [0.25, 0.3) is 5.91 Å². The second kappa shape index (κ2) is 8.61. The van der Waals surface area contributed by atoms with Crippen LogP contribution in [0.5, 0.6) is 0 Å². The van der Waals surface area contributed by atoms with Crippen molar-refractivity contribution in [2.75, 3.05) is 32.6 Å². The van der Waals surface area contributed by atoms with Crippen molar-refractivity contribution in [3.63, 3.8) is 0 Å². The van der Waals surface area contributed by atoms with Crippen molar-refractivity contribution in [2.45, 2.75) is 32.4 Å². The number of halogens is 1. The van der Waals surface area contributed by atoms with E-state index in [1.165, 1.54) is 0 Å². The number of hydrogen-bond acceptors (Lipinski definition) is 4. The molecule has 1 aliphatic rings. The van der Waals surface area contributed by atoms with E-state index in [2.05, 4.69) is 5.32 Å². The number of rotatable bonds is 3. The van der Waals surface area contributed by atoms with Crippen LogP contribution in [0.2, 0.25) is 0 Å². The van der Waals surface area contributed by atoms with Gasteiger partial charge in [0.05, 0.1) is 6.04 Å². The molecule has 27 heavy (non-hydrogen) atoms. The summed E-state index contributed by atoms with van der Waals surface area (Å²) in [6, 6.07) is 6.63. The van der Waals surface area contributed by atoms with Gasteiger partial charge in [-0.15, -0.1) is 11.6 Å². The summed E-state index contributed by atoms with van der Waals surface area (Å²) in [5.74, 6) is -0.569. The zero-order valence-corrected chi connectivity index (χ0v) is 16.9. The molecule has 0 aromatic heterocycles. The van der Waals surface area contributed by atoms with E-state index in [-0.39, 0.29) is 24.2 Å². The summed E-state index contributed by atoms with van der Waals surface area (Å²) in [6.07, 6.45) is -0.423. The first kappa shape index (κ1) is 21.0. The van der Waals surface area contributed by atoms with Crippen molar-refractivity contribution in [3.05, 3.63) is 35.4 Å². The Morgan fingerprint density at radius 1 is 1.26 bits per heavy atom. The normalized spacial score (nSPS) is 17.4. The predicted octanol–water partition coefficient (Wildman–Crippen LogP) is 2.41. The monoisotopic (exact) mass is 395 g/mol. The highest BCUT2D eigenvalue weighted by molar-refractivity contribution is 6.27. The zero-order chi connectivity index (χ0) is 20.2. The van der Waals surface area contributed by atoms with Gasteiger partial charge in [0, 0.05) is 32.2 Å². The fourth-order valence-electron chi connectivity index (χ4n) is 2.97. The Bertz CT molecular complexity index is 717. The van der Waals surface area contributed by atoms with E-state index < -0.39 is 17.7 Å². The first-order chi connectivity index (χ1) is 12.7. The Hall–Kier alpha value is -2.28. The highest BCUT2D eigenvalue weighted by Gasteiger charge is 2.35. The number of nitrogens with zero attached hydrogens (tertiary/aromatic N) is 2. The van der Waals surface area contributed by atoms with Crippen molar-refractivity contribution >= 4 is 29.5 Å². The van der Waals surface area contributed by atoms with Crippen LogP contribution in [0.4, 0.5) is 4.79 Å². The molecule has 1 unspecified atom stereocenters. The third-order valence-electron chi connectivity index (χ3n) is 4.23. The van der Waals surface area contributed by atoms with E-state index in [1.807, 2.05) is 26.8 Å². The molecule has 1 saturated heterocycles. The number of alkyl halides is 1.